The zero-order valence-electron chi connectivity index (χ0n) is 15.3. The van der Waals surface area contributed by atoms with Gasteiger partial charge in [-0.2, -0.15) is 0 Å². The van der Waals surface area contributed by atoms with E-state index in [2.05, 4.69) is 64.3 Å². The Hall–Kier alpha value is -1.75. The Kier molecular flexibility index (Phi) is 4.27. The number of hydrogen-bond donors (Lipinski definition) is 0. The lowest BCUT2D eigenvalue weighted by atomic mass is 9.83. The van der Waals surface area contributed by atoms with E-state index in [1.54, 1.807) is 11.3 Å². The van der Waals surface area contributed by atoms with Crippen LogP contribution in [-0.2, 0) is 0 Å². The van der Waals surface area contributed by atoms with Gasteiger partial charge in [-0.3, -0.25) is 9.80 Å². The summed E-state index contributed by atoms with van der Waals surface area (Å²) in [4.78, 5) is 9.69. The second-order valence-corrected chi connectivity index (χ2v) is 8.56. The van der Waals surface area contributed by atoms with E-state index in [-0.39, 0.29) is 0 Å². The van der Waals surface area contributed by atoms with Gasteiger partial charge in [-0.1, -0.05) is 36.8 Å². The zero-order valence-corrected chi connectivity index (χ0v) is 16.1. The number of thiazole rings is 1. The molecule has 26 heavy (non-hydrogen) atoms. The number of hydrogen-bond acceptors (Lipinski definition) is 4. The van der Waals surface area contributed by atoms with Crippen LogP contribution in [0.25, 0.3) is 10.2 Å². The molecule has 134 valence electrons. The number of likely N-dealkylation sites (tertiary alicyclic amines) is 1. The molecule has 0 saturated carbocycles. The molecule has 3 nitrogen and oxygen atoms in total. The van der Waals surface area contributed by atoms with Crippen LogP contribution in [0.3, 0.4) is 0 Å². The molecule has 1 aromatic heterocycles. The Balaban J connectivity index is 1.56. The minimum Gasteiger partial charge on any atom is -0.286 e. The van der Waals surface area contributed by atoms with Crippen LogP contribution in [0.15, 0.2) is 48.0 Å². The van der Waals surface area contributed by atoms with Crippen LogP contribution in [0, 0.1) is 0 Å². The van der Waals surface area contributed by atoms with Crippen molar-refractivity contribution in [2.24, 2.45) is 0 Å². The van der Waals surface area contributed by atoms with Gasteiger partial charge in [0.1, 0.15) is 0 Å². The maximum atomic E-state index is 4.44. The molecule has 1 fully saturated rings. The van der Waals surface area contributed by atoms with Crippen molar-refractivity contribution in [3.63, 3.8) is 0 Å². The van der Waals surface area contributed by atoms with E-state index < -0.39 is 0 Å². The highest BCUT2D eigenvalue weighted by Crippen LogP contribution is 2.41. The summed E-state index contributed by atoms with van der Waals surface area (Å²) in [6.07, 6.45) is 4.47. The fourth-order valence-corrected chi connectivity index (χ4v) is 5.52. The summed E-state index contributed by atoms with van der Waals surface area (Å²) in [5, 5.41) is 0. The van der Waals surface area contributed by atoms with Crippen molar-refractivity contribution in [1.82, 2.24) is 14.8 Å². The van der Waals surface area contributed by atoms with Crippen LogP contribution in [0.1, 0.15) is 48.0 Å². The molecule has 0 aliphatic carbocycles. The molecule has 2 atom stereocenters. The smallest absolute Gasteiger partial charge is 0.0886 e. The third kappa shape index (κ3) is 2.77. The largest absolute Gasteiger partial charge is 0.286 e. The second-order valence-electron chi connectivity index (χ2n) is 7.67. The molecule has 0 N–H and O–H groups in total. The number of piperidine rings is 1. The molecule has 0 radical (unpaired) electrons. The van der Waals surface area contributed by atoms with Crippen LogP contribution >= 0.6 is 11.3 Å². The monoisotopic (exact) mass is 363 g/mol. The van der Waals surface area contributed by atoms with Crippen molar-refractivity contribution in [2.45, 2.75) is 31.3 Å². The Labute approximate surface area is 159 Å². The van der Waals surface area contributed by atoms with E-state index in [4.69, 9.17) is 0 Å². The molecule has 0 bridgehead atoms. The fraction of sp³-hybridized carbons (Fsp3) is 0.409. The molecule has 2 unspecified atom stereocenters. The Morgan fingerprint density at radius 3 is 2.65 bits per heavy atom. The molecule has 2 aromatic carbocycles. The Bertz CT molecular complexity index is 912. The standard InChI is InChI=1S/C22H25N3S/c1-24-14-19(16-9-10-20-21(13-16)26-15-23-20)17-7-3-4-8-18(17)22(24)25-11-5-2-6-12-25/h3-4,7-10,13,15,19,22H,2,5-6,11-12,14H2,1H3. The van der Waals surface area contributed by atoms with Gasteiger partial charge < -0.3 is 0 Å². The summed E-state index contributed by atoms with van der Waals surface area (Å²) in [6.45, 7) is 3.52. The van der Waals surface area contributed by atoms with Gasteiger partial charge in [0.25, 0.3) is 0 Å². The van der Waals surface area contributed by atoms with Gasteiger partial charge in [-0.05, 0) is 61.8 Å². The summed E-state index contributed by atoms with van der Waals surface area (Å²) < 4.78 is 1.29. The molecule has 5 rings (SSSR count). The lowest BCUT2D eigenvalue weighted by molar-refractivity contribution is 0.0338. The first kappa shape index (κ1) is 16.4. The highest BCUT2D eigenvalue weighted by molar-refractivity contribution is 7.16. The number of fused-ring (bicyclic) bond motifs is 2. The molecule has 0 amide bonds. The van der Waals surface area contributed by atoms with E-state index in [1.165, 1.54) is 53.7 Å². The summed E-state index contributed by atoms with van der Waals surface area (Å²) in [5.74, 6) is 0.434. The lowest BCUT2D eigenvalue weighted by Gasteiger charge is -2.46. The number of aromatic nitrogens is 1. The Morgan fingerprint density at radius 2 is 1.81 bits per heavy atom. The van der Waals surface area contributed by atoms with Crippen molar-refractivity contribution in [2.75, 3.05) is 26.7 Å². The fourth-order valence-electron chi connectivity index (χ4n) is 4.80. The average molecular weight is 364 g/mol. The van der Waals surface area contributed by atoms with Crippen molar-refractivity contribution in [1.29, 1.82) is 0 Å². The first-order valence-electron chi connectivity index (χ1n) is 9.67. The maximum absolute atomic E-state index is 4.44. The maximum Gasteiger partial charge on any atom is 0.0886 e. The van der Waals surface area contributed by atoms with Crippen LogP contribution < -0.4 is 0 Å². The molecule has 4 heteroatoms. The molecule has 3 aromatic rings. The van der Waals surface area contributed by atoms with Crippen molar-refractivity contribution in [3.05, 3.63) is 64.7 Å². The number of nitrogens with zero attached hydrogens (tertiary/aromatic N) is 3. The second kappa shape index (κ2) is 6.76. The van der Waals surface area contributed by atoms with E-state index >= 15 is 0 Å². The first-order valence-corrected chi connectivity index (χ1v) is 10.6. The van der Waals surface area contributed by atoms with E-state index in [0.717, 1.165) is 12.1 Å². The normalized spacial score (nSPS) is 24.7. The van der Waals surface area contributed by atoms with Crippen LogP contribution in [0.2, 0.25) is 0 Å². The predicted octanol–water partition coefficient (Wildman–Crippen LogP) is 4.86. The molecule has 0 spiro atoms. The van der Waals surface area contributed by atoms with E-state index in [0.29, 0.717) is 12.1 Å². The van der Waals surface area contributed by atoms with Crippen LogP contribution in [0.5, 0.6) is 0 Å². The highest BCUT2D eigenvalue weighted by atomic mass is 32.1. The SMILES string of the molecule is CN1CC(c2ccc3ncsc3c2)c2ccccc2C1N1CCCCC1. The summed E-state index contributed by atoms with van der Waals surface area (Å²) >= 11 is 1.74. The summed E-state index contributed by atoms with van der Waals surface area (Å²) in [5.41, 5.74) is 7.48. The van der Waals surface area contributed by atoms with Crippen LogP contribution in [-0.4, -0.2) is 41.5 Å². The summed E-state index contributed by atoms with van der Waals surface area (Å²) in [7, 11) is 2.30. The average Bonchev–Trinajstić information content (AvgIpc) is 3.16. The highest BCUT2D eigenvalue weighted by Gasteiger charge is 2.35. The Morgan fingerprint density at radius 1 is 1.00 bits per heavy atom. The van der Waals surface area contributed by atoms with Gasteiger partial charge in [0, 0.05) is 12.5 Å². The van der Waals surface area contributed by atoms with Gasteiger partial charge in [0.15, 0.2) is 0 Å². The number of likely N-dealkylation sites (N-methyl/N-ethyl adjacent to an activating group) is 1. The molecular weight excluding hydrogens is 338 g/mol. The predicted molar refractivity (Wildman–Crippen MR) is 109 cm³/mol. The molecule has 1 saturated heterocycles. The number of benzene rings is 2. The molecule has 2 aliphatic heterocycles. The van der Waals surface area contributed by atoms with Crippen molar-refractivity contribution < 1.29 is 0 Å². The first-order chi connectivity index (χ1) is 12.8. The third-order valence-corrected chi connectivity index (χ3v) is 6.82. The van der Waals surface area contributed by atoms with Crippen molar-refractivity contribution in [3.8, 4) is 0 Å². The molecular formula is C22H25N3S. The third-order valence-electron chi connectivity index (χ3n) is 6.03. The van der Waals surface area contributed by atoms with Gasteiger partial charge >= 0.3 is 0 Å². The van der Waals surface area contributed by atoms with Crippen molar-refractivity contribution >= 4 is 21.6 Å². The quantitative estimate of drug-likeness (QED) is 0.648. The lowest BCUT2D eigenvalue weighted by Crippen LogP contribution is -2.46. The summed E-state index contributed by atoms with van der Waals surface area (Å²) in [6, 6.07) is 15.9. The molecule has 2 aliphatic rings. The van der Waals surface area contributed by atoms with Gasteiger partial charge in [-0.15, -0.1) is 11.3 Å². The minimum atomic E-state index is 0.426. The topological polar surface area (TPSA) is 19.4 Å². The van der Waals surface area contributed by atoms with E-state index in [1.807, 2.05) is 5.51 Å². The number of rotatable bonds is 2. The van der Waals surface area contributed by atoms with Crippen LogP contribution in [0.4, 0.5) is 0 Å². The van der Waals surface area contributed by atoms with Gasteiger partial charge in [0.05, 0.1) is 21.9 Å². The minimum absolute atomic E-state index is 0.426. The zero-order chi connectivity index (χ0) is 17.5. The van der Waals surface area contributed by atoms with E-state index in [9.17, 15) is 0 Å². The van der Waals surface area contributed by atoms with Gasteiger partial charge in [0.2, 0.25) is 0 Å². The molecule has 3 heterocycles. The van der Waals surface area contributed by atoms with Gasteiger partial charge in [-0.25, -0.2) is 4.98 Å².